The van der Waals surface area contributed by atoms with E-state index in [1.807, 2.05) is 0 Å². The third-order valence-electron chi connectivity index (χ3n) is 3.44. The molecule has 2 rings (SSSR count). The lowest BCUT2D eigenvalue weighted by molar-refractivity contribution is 0.0837. The summed E-state index contributed by atoms with van der Waals surface area (Å²) in [5.41, 5.74) is 0. The number of carbonyl (C=O) groups is 2. The van der Waals surface area contributed by atoms with Gasteiger partial charge in [-0.2, -0.15) is 0 Å². The van der Waals surface area contributed by atoms with Gasteiger partial charge >= 0.3 is 6.09 Å². The van der Waals surface area contributed by atoms with Crippen molar-refractivity contribution in [2.75, 3.05) is 19.7 Å². The summed E-state index contributed by atoms with van der Waals surface area (Å²) in [5.74, 6) is -0.642. The van der Waals surface area contributed by atoms with Gasteiger partial charge in [-0.3, -0.25) is 4.79 Å². The van der Waals surface area contributed by atoms with E-state index in [1.54, 1.807) is 11.8 Å². The first-order valence-electron chi connectivity index (χ1n) is 7.16. The molecule has 2 amide bonds. The van der Waals surface area contributed by atoms with Gasteiger partial charge in [0, 0.05) is 19.1 Å². The summed E-state index contributed by atoms with van der Waals surface area (Å²) in [6.45, 7) is 3.01. The van der Waals surface area contributed by atoms with E-state index >= 15 is 0 Å². The normalized spacial score (nSPS) is 16.2. The summed E-state index contributed by atoms with van der Waals surface area (Å²) in [4.78, 5) is 25.2. The van der Waals surface area contributed by atoms with E-state index in [1.165, 1.54) is 6.07 Å². The predicted molar refractivity (Wildman–Crippen MR) is 79.2 cm³/mol. The first kappa shape index (κ1) is 17.3. The van der Waals surface area contributed by atoms with Gasteiger partial charge in [0.15, 0.2) is 5.76 Å². The molecule has 3 N–H and O–H groups in total. The second-order valence-electron chi connectivity index (χ2n) is 5.10. The van der Waals surface area contributed by atoms with Crippen molar-refractivity contribution in [1.82, 2.24) is 10.2 Å². The molecule has 1 aliphatic heterocycles. The van der Waals surface area contributed by atoms with Crippen LogP contribution in [0.2, 0.25) is 0 Å². The largest absolute Gasteiger partial charge is 0.450 e. The van der Waals surface area contributed by atoms with Crippen molar-refractivity contribution in [1.29, 1.82) is 0 Å². The number of likely N-dealkylation sites (tertiary alicyclic amines) is 1. The van der Waals surface area contributed by atoms with Crippen LogP contribution in [0.1, 0.15) is 30.3 Å². The highest BCUT2D eigenvalue weighted by atomic mass is 32.2. The number of nitrogens with zero attached hydrogens (tertiary/aromatic N) is 1. The Morgan fingerprint density at radius 3 is 2.57 bits per heavy atom. The summed E-state index contributed by atoms with van der Waals surface area (Å²) < 4.78 is 32.1. The highest BCUT2D eigenvalue weighted by molar-refractivity contribution is 7.89. The zero-order chi connectivity index (χ0) is 17.0. The fraction of sp³-hybridized carbons (Fsp3) is 0.538. The highest BCUT2D eigenvalue weighted by Crippen LogP contribution is 2.15. The summed E-state index contributed by atoms with van der Waals surface area (Å²) in [5, 5.41) is 7.21. The number of ether oxygens (including phenoxy) is 1. The van der Waals surface area contributed by atoms with Gasteiger partial charge in [0.2, 0.25) is 5.09 Å². The Balaban J connectivity index is 1.88. The molecule has 1 aromatic rings. The highest BCUT2D eigenvalue weighted by Gasteiger charge is 2.26. The molecule has 1 fully saturated rings. The van der Waals surface area contributed by atoms with Crippen molar-refractivity contribution >= 4 is 22.0 Å². The number of hydrogen-bond donors (Lipinski definition) is 2. The molecule has 9 nitrogen and oxygen atoms in total. The van der Waals surface area contributed by atoms with Crippen LogP contribution in [0.4, 0.5) is 4.79 Å². The molecule has 128 valence electrons. The van der Waals surface area contributed by atoms with Crippen LogP contribution in [0, 0.1) is 0 Å². The number of carbonyl (C=O) groups excluding carboxylic acids is 2. The number of piperidine rings is 1. The number of primary sulfonamides is 1. The molecule has 2 heterocycles. The molecule has 0 spiro atoms. The topological polar surface area (TPSA) is 132 Å². The van der Waals surface area contributed by atoms with Crippen molar-refractivity contribution in [2.45, 2.75) is 30.9 Å². The Hall–Kier alpha value is -2.07. The predicted octanol–water partition coefficient (Wildman–Crippen LogP) is 0.278. The van der Waals surface area contributed by atoms with E-state index in [0.29, 0.717) is 32.5 Å². The monoisotopic (exact) mass is 345 g/mol. The second-order valence-corrected chi connectivity index (χ2v) is 6.59. The number of amides is 2. The van der Waals surface area contributed by atoms with Gasteiger partial charge < -0.3 is 19.4 Å². The first-order chi connectivity index (χ1) is 10.8. The van der Waals surface area contributed by atoms with Crippen LogP contribution in [0.3, 0.4) is 0 Å². The quantitative estimate of drug-likeness (QED) is 0.805. The molecule has 0 aromatic carbocycles. The smallest absolute Gasteiger partial charge is 0.409 e. The first-order valence-corrected chi connectivity index (χ1v) is 8.71. The molecule has 1 saturated heterocycles. The van der Waals surface area contributed by atoms with Gasteiger partial charge in [0.1, 0.15) is 0 Å². The zero-order valence-corrected chi connectivity index (χ0v) is 13.5. The average Bonchev–Trinajstić information content (AvgIpc) is 2.98. The molecular formula is C13H19N3O6S. The average molecular weight is 345 g/mol. The van der Waals surface area contributed by atoms with Crippen LogP contribution in [0.15, 0.2) is 21.6 Å². The number of rotatable bonds is 4. The molecule has 0 atom stereocenters. The lowest BCUT2D eigenvalue weighted by atomic mass is 10.1. The van der Waals surface area contributed by atoms with Gasteiger partial charge in [0.05, 0.1) is 6.61 Å². The Morgan fingerprint density at radius 1 is 1.39 bits per heavy atom. The third kappa shape index (κ3) is 4.45. The minimum Gasteiger partial charge on any atom is -0.450 e. The summed E-state index contributed by atoms with van der Waals surface area (Å²) in [6.07, 6.45) is 0.793. The van der Waals surface area contributed by atoms with Crippen molar-refractivity contribution in [3.05, 3.63) is 17.9 Å². The molecule has 0 unspecified atom stereocenters. The van der Waals surface area contributed by atoms with Gasteiger partial charge in [-0.05, 0) is 31.9 Å². The minimum atomic E-state index is -3.98. The summed E-state index contributed by atoms with van der Waals surface area (Å²) >= 11 is 0. The molecule has 23 heavy (non-hydrogen) atoms. The van der Waals surface area contributed by atoms with Crippen molar-refractivity contribution < 1.29 is 27.2 Å². The molecular weight excluding hydrogens is 326 g/mol. The van der Waals surface area contributed by atoms with Gasteiger partial charge in [-0.25, -0.2) is 18.4 Å². The van der Waals surface area contributed by atoms with Crippen LogP contribution in [-0.4, -0.2) is 51.1 Å². The molecule has 0 aliphatic carbocycles. The van der Waals surface area contributed by atoms with Crippen LogP contribution in [0.25, 0.3) is 0 Å². The van der Waals surface area contributed by atoms with E-state index in [0.717, 1.165) is 6.07 Å². The number of hydrogen-bond acceptors (Lipinski definition) is 6. The van der Waals surface area contributed by atoms with Gasteiger partial charge in [-0.1, -0.05) is 0 Å². The van der Waals surface area contributed by atoms with E-state index in [2.05, 4.69) is 5.32 Å². The molecule has 0 saturated carbocycles. The maximum atomic E-state index is 12.0. The molecule has 0 radical (unpaired) electrons. The van der Waals surface area contributed by atoms with E-state index in [9.17, 15) is 18.0 Å². The lowest BCUT2D eigenvalue weighted by Crippen LogP contribution is -2.46. The van der Waals surface area contributed by atoms with Crippen LogP contribution in [0.5, 0.6) is 0 Å². The second kappa shape index (κ2) is 7.01. The van der Waals surface area contributed by atoms with Crippen LogP contribution in [-0.2, 0) is 14.8 Å². The SMILES string of the molecule is CCOC(=O)N1CCC(NC(=O)c2ccc(S(N)(=O)=O)o2)CC1. The minimum absolute atomic E-state index is 0.123. The lowest BCUT2D eigenvalue weighted by Gasteiger charge is -2.31. The molecule has 0 bridgehead atoms. The molecule has 10 heteroatoms. The summed E-state index contributed by atoms with van der Waals surface area (Å²) in [7, 11) is -3.98. The van der Waals surface area contributed by atoms with Crippen molar-refractivity contribution in [3.63, 3.8) is 0 Å². The van der Waals surface area contributed by atoms with Gasteiger partial charge in [-0.15, -0.1) is 0 Å². The summed E-state index contributed by atoms with van der Waals surface area (Å²) in [6, 6.07) is 2.26. The number of sulfonamides is 1. The number of nitrogens with one attached hydrogen (secondary N) is 1. The fourth-order valence-corrected chi connectivity index (χ4v) is 2.74. The Labute approximate surface area is 133 Å². The van der Waals surface area contributed by atoms with Gasteiger partial charge in [0.25, 0.3) is 15.9 Å². The maximum Gasteiger partial charge on any atom is 0.409 e. The Morgan fingerprint density at radius 2 is 2.04 bits per heavy atom. The van der Waals surface area contributed by atoms with E-state index in [4.69, 9.17) is 14.3 Å². The Bertz CT molecular complexity index is 676. The van der Waals surface area contributed by atoms with E-state index in [-0.39, 0.29) is 17.9 Å². The zero-order valence-electron chi connectivity index (χ0n) is 12.6. The fourth-order valence-electron chi connectivity index (χ4n) is 2.27. The number of nitrogens with two attached hydrogens (primary N) is 1. The standard InChI is InChI=1S/C13H19N3O6S/c1-2-21-13(18)16-7-5-9(6-8-16)15-12(17)10-3-4-11(22-10)23(14,19)20/h3-4,9H,2,5-8H2,1H3,(H,15,17)(H2,14,19,20). The van der Waals surface area contributed by atoms with Crippen molar-refractivity contribution in [2.24, 2.45) is 5.14 Å². The Kier molecular flexibility index (Phi) is 5.26. The molecule has 1 aliphatic rings. The van der Waals surface area contributed by atoms with Crippen molar-refractivity contribution in [3.8, 4) is 0 Å². The number of furan rings is 1. The third-order valence-corrected chi connectivity index (χ3v) is 4.22. The molecule has 1 aromatic heterocycles. The maximum absolute atomic E-state index is 12.0. The van der Waals surface area contributed by atoms with E-state index < -0.39 is 21.0 Å². The van der Waals surface area contributed by atoms with Crippen LogP contribution >= 0.6 is 0 Å². The van der Waals surface area contributed by atoms with Crippen LogP contribution < -0.4 is 10.5 Å².